The van der Waals surface area contributed by atoms with Crippen molar-refractivity contribution in [3.8, 4) is 0 Å². The number of anilines is 1. The molecule has 3 aromatic carbocycles. The Kier molecular flexibility index (Phi) is 4.45. The normalized spacial score (nSPS) is 15.8. The Morgan fingerprint density at radius 3 is 1.97 bits per heavy atom. The molecule has 29 heavy (non-hydrogen) atoms. The quantitative estimate of drug-likeness (QED) is 0.487. The van der Waals surface area contributed by atoms with Gasteiger partial charge >= 0.3 is 0 Å². The van der Waals surface area contributed by atoms with Crippen LogP contribution in [-0.2, 0) is 10.0 Å². The molecule has 0 atom stereocenters. The molecule has 1 aliphatic rings. The zero-order valence-electron chi connectivity index (χ0n) is 15.9. The SMILES string of the molecule is O=S(=O)(c1ccccc1)N1CCN(c2nc3ccccc3c3ccccc23)CC1. The van der Waals surface area contributed by atoms with Crippen molar-refractivity contribution in [2.24, 2.45) is 0 Å². The lowest BCUT2D eigenvalue weighted by molar-refractivity contribution is 0.384. The summed E-state index contributed by atoms with van der Waals surface area (Å²) in [7, 11) is -3.46. The first-order valence-corrected chi connectivity index (χ1v) is 11.2. The third-order valence-electron chi connectivity index (χ3n) is 5.51. The molecule has 1 saturated heterocycles. The number of benzene rings is 3. The zero-order valence-corrected chi connectivity index (χ0v) is 16.7. The van der Waals surface area contributed by atoms with Crippen LogP contribution in [0.4, 0.5) is 5.82 Å². The highest BCUT2D eigenvalue weighted by Crippen LogP contribution is 2.32. The molecule has 0 amide bonds. The van der Waals surface area contributed by atoms with E-state index >= 15 is 0 Å². The number of piperazine rings is 1. The summed E-state index contributed by atoms with van der Waals surface area (Å²) >= 11 is 0. The first-order valence-electron chi connectivity index (χ1n) is 9.72. The number of fused-ring (bicyclic) bond motifs is 3. The zero-order chi connectivity index (χ0) is 19.8. The van der Waals surface area contributed by atoms with Gasteiger partial charge in [-0.05, 0) is 23.6 Å². The molecule has 1 fully saturated rings. The summed E-state index contributed by atoms with van der Waals surface area (Å²) in [4.78, 5) is 7.48. The molecule has 0 saturated carbocycles. The van der Waals surface area contributed by atoms with E-state index in [-0.39, 0.29) is 0 Å². The first kappa shape index (κ1) is 18.1. The maximum atomic E-state index is 12.9. The lowest BCUT2D eigenvalue weighted by Crippen LogP contribution is -2.49. The van der Waals surface area contributed by atoms with Crippen molar-refractivity contribution < 1.29 is 8.42 Å². The van der Waals surface area contributed by atoms with Crippen molar-refractivity contribution >= 4 is 37.5 Å². The number of pyridine rings is 1. The second-order valence-corrected chi connectivity index (χ2v) is 9.14. The maximum absolute atomic E-state index is 12.9. The van der Waals surface area contributed by atoms with Crippen LogP contribution in [0.5, 0.6) is 0 Å². The van der Waals surface area contributed by atoms with Gasteiger partial charge in [0.1, 0.15) is 5.82 Å². The fourth-order valence-electron chi connectivity index (χ4n) is 4.01. The Balaban J connectivity index is 1.47. The number of rotatable bonds is 3. The van der Waals surface area contributed by atoms with Crippen LogP contribution in [0.1, 0.15) is 0 Å². The van der Waals surface area contributed by atoms with Gasteiger partial charge < -0.3 is 4.90 Å². The number of aromatic nitrogens is 1. The van der Waals surface area contributed by atoms with Crippen LogP contribution < -0.4 is 4.90 Å². The average Bonchev–Trinajstić information content (AvgIpc) is 2.79. The molecule has 0 radical (unpaired) electrons. The fourth-order valence-corrected chi connectivity index (χ4v) is 5.45. The summed E-state index contributed by atoms with van der Waals surface area (Å²) in [6.07, 6.45) is 0. The predicted molar refractivity (Wildman–Crippen MR) is 117 cm³/mol. The van der Waals surface area contributed by atoms with Crippen LogP contribution in [0.15, 0.2) is 83.8 Å². The first-order chi connectivity index (χ1) is 14.1. The monoisotopic (exact) mass is 403 g/mol. The molecule has 0 spiro atoms. The third kappa shape index (κ3) is 3.14. The van der Waals surface area contributed by atoms with Crippen molar-refractivity contribution in [1.82, 2.24) is 9.29 Å². The van der Waals surface area contributed by atoms with Gasteiger partial charge in [-0.2, -0.15) is 4.31 Å². The number of hydrogen-bond acceptors (Lipinski definition) is 4. The molecule has 5 rings (SSSR count). The number of nitrogens with zero attached hydrogens (tertiary/aromatic N) is 3. The van der Waals surface area contributed by atoms with Gasteiger partial charge in [-0.15, -0.1) is 0 Å². The molecule has 4 aromatic rings. The van der Waals surface area contributed by atoms with Crippen molar-refractivity contribution in [3.05, 3.63) is 78.9 Å². The largest absolute Gasteiger partial charge is 0.353 e. The molecular formula is C23H21N3O2S. The Hall–Kier alpha value is -2.96. The number of sulfonamides is 1. The molecule has 146 valence electrons. The number of para-hydroxylation sites is 1. The van der Waals surface area contributed by atoms with Gasteiger partial charge in [-0.1, -0.05) is 60.7 Å². The predicted octanol–water partition coefficient (Wildman–Crippen LogP) is 3.90. The van der Waals surface area contributed by atoms with E-state index in [2.05, 4.69) is 23.1 Å². The molecule has 0 aliphatic carbocycles. The second kappa shape index (κ2) is 7.13. The Morgan fingerprint density at radius 1 is 0.655 bits per heavy atom. The van der Waals surface area contributed by atoms with E-state index < -0.39 is 10.0 Å². The van der Waals surface area contributed by atoms with E-state index in [0.29, 0.717) is 31.1 Å². The van der Waals surface area contributed by atoms with Crippen LogP contribution in [0, 0.1) is 0 Å². The lowest BCUT2D eigenvalue weighted by atomic mass is 10.1. The molecular weight excluding hydrogens is 382 g/mol. The summed E-state index contributed by atoms with van der Waals surface area (Å²) < 4.78 is 27.4. The Bertz CT molecular complexity index is 1280. The van der Waals surface area contributed by atoms with E-state index in [0.717, 1.165) is 22.1 Å². The van der Waals surface area contributed by atoms with Gasteiger partial charge in [-0.25, -0.2) is 13.4 Å². The third-order valence-corrected chi connectivity index (χ3v) is 7.42. The minimum absolute atomic E-state index is 0.350. The summed E-state index contributed by atoms with van der Waals surface area (Å²) in [6, 6.07) is 25.1. The van der Waals surface area contributed by atoms with E-state index in [4.69, 9.17) is 4.98 Å². The highest BCUT2D eigenvalue weighted by Gasteiger charge is 2.29. The number of hydrogen-bond donors (Lipinski definition) is 0. The van der Waals surface area contributed by atoms with Gasteiger partial charge in [0.15, 0.2) is 0 Å². The summed E-state index contributed by atoms with van der Waals surface area (Å²) in [5.41, 5.74) is 0.959. The molecule has 0 unspecified atom stereocenters. The molecule has 0 bridgehead atoms. The van der Waals surface area contributed by atoms with Gasteiger partial charge in [-0.3, -0.25) is 0 Å². The van der Waals surface area contributed by atoms with Crippen LogP contribution in [0.25, 0.3) is 21.7 Å². The van der Waals surface area contributed by atoms with Gasteiger partial charge in [0.05, 0.1) is 10.4 Å². The van der Waals surface area contributed by atoms with E-state index in [9.17, 15) is 8.42 Å². The molecule has 5 nitrogen and oxygen atoms in total. The standard InChI is InChI=1S/C23H21N3O2S/c27-29(28,18-8-2-1-3-9-18)26-16-14-25(15-17-26)23-21-12-5-4-10-19(21)20-11-6-7-13-22(20)24-23/h1-13H,14-17H2. The van der Waals surface area contributed by atoms with Crippen molar-refractivity contribution in [2.45, 2.75) is 4.90 Å². The highest BCUT2D eigenvalue weighted by atomic mass is 32.2. The van der Waals surface area contributed by atoms with E-state index in [1.807, 2.05) is 36.4 Å². The maximum Gasteiger partial charge on any atom is 0.243 e. The van der Waals surface area contributed by atoms with Crippen LogP contribution in [0.3, 0.4) is 0 Å². The van der Waals surface area contributed by atoms with Crippen LogP contribution in [0.2, 0.25) is 0 Å². The minimum atomic E-state index is -3.46. The smallest absolute Gasteiger partial charge is 0.243 e. The van der Waals surface area contributed by atoms with Crippen molar-refractivity contribution in [2.75, 3.05) is 31.1 Å². The second-order valence-electron chi connectivity index (χ2n) is 7.20. The van der Waals surface area contributed by atoms with E-state index in [1.165, 1.54) is 5.39 Å². The van der Waals surface area contributed by atoms with Crippen molar-refractivity contribution in [3.63, 3.8) is 0 Å². The summed E-state index contributed by atoms with van der Waals surface area (Å²) in [5.74, 6) is 0.927. The molecule has 6 heteroatoms. The van der Waals surface area contributed by atoms with E-state index in [1.54, 1.807) is 28.6 Å². The molecule has 2 heterocycles. The minimum Gasteiger partial charge on any atom is -0.353 e. The average molecular weight is 404 g/mol. The van der Waals surface area contributed by atoms with Crippen LogP contribution in [-0.4, -0.2) is 43.9 Å². The highest BCUT2D eigenvalue weighted by molar-refractivity contribution is 7.89. The topological polar surface area (TPSA) is 53.5 Å². The Labute approximate surface area is 170 Å². The van der Waals surface area contributed by atoms with Crippen molar-refractivity contribution in [1.29, 1.82) is 0 Å². The summed E-state index contributed by atoms with van der Waals surface area (Å²) in [6.45, 7) is 2.11. The fraction of sp³-hybridized carbons (Fsp3) is 0.174. The summed E-state index contributed by atoms with van der Waals surface area (Å²) in [5, 5.41) is 3.41. The molecule has 0 N–H and O–H groups in total. The van der Waals surface area contributed by atoms with Gasteiger partial charge in [0, 0.05) is 37.0 Å². The van der Waals surface area contributed by atoms with Gasteiger partial charge in [0.25, 0.3) is 0 Å². The Morgan fingerprint density at radius 2 is 1.24 bits per heavy atom. The molecule has 1 aromatic heterocycles. The lowest BCUT2D eigenvalue weighted by Gasteiger charge is -2.35. The molecule has 1 aliphatic heterocycles. The van der Waals surface area contributed by atoms with Crippen LogP contribution >= 0.6 is 0 Å². The van der Waals surface area contributed by atoms with Gasteiger partial charge in [0.2, 0.25) is 10.0 Å².